The molecule has 1 spiro atoms. The third-order valence-corrected chi connectivity index (χ3v) is 7.17. The van der Waals surface area contributed by atoms with Gasteiger partial charge in [-0.25, -0.2) is 4.98 Å². The van der Waals surface area contributed by atoms with Gasteiger partial charge in [0.2, 0.25) is 6.79 Å². The first kappa shape index (κ1) is 18.9. The Hall–Kier alpha value is -2.86. The second kappa shape index (κ2) is 7.09. The van der Waals surface area contributed by atoms with Crippen molar-refractivity contribution >= 4 is 0 Å². The van der Waals surface area contributed by atoms with Crippen LogP contribution >= 0.6 is 0 Å². The molecule has 3 aliphatic rings. The average molecular weight is 418 g/mol. The van der Waals surface area contributed by atoms with Crippen LogP contribution in [0.3, 0.4) is 0 Å². The van der Waals surface area contributed by atoms with Crippen molar-refractivity contribution in [2.24, 2.45) is 0 Å². The molecule has 6 rings (SSSR count). The van der Waals surface area contributed by atoms with Crippen LogP contribution in [0, 0.1) is 6.92 Å². The summed E-state index contributed by atoms with van der Waals surface area (Å²) >= 11 is 0. The van der Waals surface area contributed by atoms with E-state index in [2.05, 4.69) is 22.8 Å². The number of nitrogens with zero attached hydrogens (tertiary/aromatic N) is 3. The van der Waals surface area contributed by atoms with Gasteiger partial charge in [0.1, 0.15) is 11.5 Å². The van der Waals surface area contributed by atoms with Crippen LogP contribution in [0.25, 0.3) is 22.6 Å². The molecule has 6 heteroatoms. The standard InChI is InChI=1S/C25H27N3O3/c1-16-4-2-5-19(26-16)22-23(17-6-7-20-21(14-17)31-15-30-20)28-13-3-10-25(24(28)27-22)11-8-18(29)9-12-25/h2,4-7,14,18,29H,3,8-13,15H2,1H3/t18-,25+. The third kappa shape index (κ3) is 3.04. The number of benzene rings is 1. The van der Waals surface area contributed by atoms with Crippen molar-refractivity contribution in [2.75, 3.05) is 6.79 Å². The predicted octanol–water partition coefficient (Wildman–Crippen LogP) is 4.62. The molecule has 1 fully saturated rings. The molecule has 1 N–H and O–H groups in total. The summed E-state index contributed by atoms with van der Waals surface area (Å²) in [6.07, 6.45) is 5.77. The molecule has 31 heavy (non-hydrogen) atoms. The lowest BCUT2D eigenvalue weighted by molar-refractivity contribution is 0.0815. The smallest absolute Gasteiger partial charge is 0.231 e. The number of aliphatic hydroxyl groups excluding tert-OH is 1. The predicted molar refractivity (Wildman–Crippen MR) is 117 cm³/mol. The van der Waals surface area contributed by atoms with Gasteiger partial charge in [-0.1, -0.05) is 6.07 Å². The summed E-state index contributed by atoms with van der Waals surface area (Å²) in [6.45, 7) is 3.23. The van der Waals surface area contributed by atoms with E-state index in [1.54, 1.807) is 0 Å². The molecule has 0 bridgehead atoms. The van der Waals surface area contributed by atoms with Gasteiger partial charge in [0.25, 0.3) is 0 Å². The normalized spacial score (nSPS) is 24.4. The lowest BCUT2D eigenvalue weighted by atomic mass is 9.68. The number of ether oxygens (including phenoxy) is 2. The molecule has 1 aromatic carbocycles. The Morgan fingerprint density at radius 2 is 1.87 bits per heavy atom. The van der Waals surface area contributed by atoms with Crippen molar-refractivity contribution in [1.29, 1.82) is 0 Å². The molecular weight excluding hydrogens is 390 g/mol. The Kier molecular flexibility index (Phi) is 4.32. The van der Waals surface area contributed by atoms with Crippen molar-refractivity contribution in [3.05, 3.63) is 47.9 Å². The molecular formula is C25H27N3O3. The van der Waals surface area contributed by atoms with Gasteiger partial charge < -0.3 is 19.1 Å². The quantitative estimate of drug-likeness (QED) is 0.659. The summed E-state index contributed by atoms with van der Waals surface area (Å²) in [5.41, 5.74) is 5.05. The number of hydrogen-bond donors (Lipinski definition) is 1. The first-order valence-corrected chi connectivity index (χ1v) is 11.3. The number of aromatic nitrogens is 3. The molecule has 0 atom stereocenters. The molecule has 6 nitrogen and oxygen atoms in total. The lowest BCUT2D eigenvalue weighted by Gasteiger charge is -2.41. The van der Waals surface area contributed by atoms with Gasteiger partial charge >= 0.3 is 0 Å². The van der Waals surface area contributed by atoms with Crippen LogP contribution in [-0.4, -0.2) is 32.5 Å². The topological polar surface area (TPSA) is 69.4 Å². The number of pyridine rings is 1. The maximum Gasteiger partial charge on any atom is 0.231 e. The first-order chi connectivity index (χ1) is 15.1. The maximum absolute atomic E-state index is 10.1. The number of fused-ring (bicyclic) bond motifs is 3. The largest absolute Gasteiger partial charge is 0.454 e. The minimum Gasteiger partial charge on any atom is -0.454 e. The number of rotatable bonds is 2. The Bertz CT molecular complexity index is 1140. The van der Waals surface area contributed by atoms with E-state index in [0.717, 1.165) is 90.7 Å². The van der Waals surface area contributed by atoms with Crippen molar-refractivity contribution in [2.45, 2.75) is 63.5 Å². The molecule has 1 aliphatic carbocycles. The number of imidazole rings is 1. The van der Waals surface area contributed by atoms with E-state index in [9.17, 15) is 5.11 Å². The van der Waals surface area contributed by atoms with Crippen LogP contribution in [0.4, 0.5) is 0 Å². The van der Waals surface area contributed by atoms with E-state index in [4.69, 9.17) is 19.4 Å². The summed E-state index contributed by atoms with van der Waals surface area (Å²) in [5.74, 6) is 2.73. The third-order valence-electron chi connectivity index (χ3n) is 7.17. The maximum atomic E-state index is 10.1. The second-order valence-corrected chi connectivity index (χ2v) is 9.13. The molecule has 0 amide bonds. The van der Waals surface area contributed by atoms with Crippen molar-refractivity contribution in [3.8, 4) is 34.1 Å². The minimum absolute atomic E-state index is 0.0463. The fourth-order valence-corrected chi connectivity index (χ4v) is 5.58. The lowest BCUT2D eigenvalue weighted by Crippen LogP contribution is -2.39. The number of hydrogen-bond acceptors (Lipinski definition) is 5. The van der Waals surface area contributed by atoms with Crippen LogP contribution < -0.4 is 9.47 Å². The number of aliphatic hydroxyl groups is 1. The highest BCUT2D eigenvalue weighted by Crippen LogP contribution is 2.49. The molecule has 160 valence electrons. The summed E-state index contributed by atoms with van der Waals surface area (Å²) in [6, 6.07) is 12.3. The van der Waals surface area contributed by atoms with Crippen molar-refractivity contribution in [1.82, 2.24) is 14.5 Å². The molecule has 2 aliphatic heterocycles. The zero-order chi connectivity index (χ0) is 21.0. The Labute approximate surface area is 181 Å². The van der Waals surface area contributed by atoms with Gasteiger partial charge in [-0.2, -0.15) is 0 Å². The Morgan fingerprint density at radius 3 is 2.71 bits per heavy atom. The van der Waals surface area contributed by atoms with E-state index in [1.807, 2.05) is 25.1 Å². The van der Waals surface area contributed by atoms with E-state index >= 15 is 0 Å². The van der Waals surface area contributed by atoms with Gasteiger partial charge in [0.05, 0.1) is 17.5 Å². The zero-order valence-corrected chi connectivity index (χ0v) is 17.8. The Balaban J connectivity index is 1.56. The van der Waals surface area contributed by atoms with Crippen LogP contribution in [0.1, 0.15) is 50.0 Å². The highest BCUT2D eigenvalue weighted by molar-refractivity contribution is 5.79. The van der Waals surface area contributed by atoms with E-state index < -0.39 is 0 Å². The summed E-state index contributed by atoms with van der Waals surface area (Å²) in [7, 11) is 0. The molecule has 4 heterocycles. The molecule has 0 unspecified atom stereocenters. The van der Waals surface area contributed by atoms with Gasteiger partial charge in [0, 0.05) is 23.2 Å². The minimum atomic E-state index is -0.179. The fraction of sp³-hybridized carbons (Fsp3) is 0.440. The van der Waals surface area contributed by atoms with Crippen molar-refractivity contribution < 1.29 is 14.6 Å². The van der Waals surface area contributed by atoms with E-state index in [-0.39, 0.29) is 18.3 Å². The highest BCUT2D eigenvalue weighted by atomic mass is 16.7. The SMILES string of the molecule is Cc1cccc(-c2nc3n(c2-c2ccc4c(c2)OCO4)CCC[C@]32CC[C@H](O)CC2)n1. The zero-order valence-electron chi connectivity index (χ0n) is 17.8. The van der Waals surface area contributed by atoms with Gasteiger partial charge in [0.15, 0.2) is 11.5 Å². The summed E-state index contributed by atoms with van der Waals surface area (Å²) in [5, 5.41) is 10.1. The van der Waals surface area contributed by atoms with Gasteiger partial charge in [-0.3, -0.25) is 4.98 Å². The van der Waals surface area contributed by atoms with E-state index in [0.29, 0.717) is 0 Å². The summed E-state index contributed by atoms with van der Waals surface area (Å²) < 4.78 is 13.6. The second-order valence-electron chi connectivity index (χ2n) is 9.13. The van der Waals surface area contributed by atoms with Gasteiger partial charge in [-0.15, -0.1) is 0 Å². The highest BCUT2D eigenvalue weighted by Gasteiger charge is 2.43. The molecule has 3 aromatic rings. The fourth-order valence-electron chi connectivity index (χ4n) is 5.58. The van der Waals surface area contributed by atoms with E-state index in [1.165, 1.54) is 0 Å². The van der Waals surface area contributed by atoms with Gasteiger partial charge in [-0.05, 0) is 75.8 Å². The molecule has 1 saturated carbocycles. The molecule has 0 saturated heterocycles. The molecule has 0 radical (unpaired) electrons. The molecule has 2 aromatic heterocycles. The number of aryl methyl sites for hydroxylation is 1. The Morgan fingerprint density at radius 1 is 1.03 bits per heavy atom. The van der Waals surface area contributed by atoms with Crippen LogP contribution in [0.2, 0.25) is 0 Å². The monoisotopic (exact) mass is 417 g/mol. The van der Waals surface area contributed by atoms with Crippen LogP contribution in [0.5, 0.6) is 11.5 Å². The van der Waals surface area contributed by atoms with Crippen molar-refractivity contribution in [3.63, 3.8) is 0 Å². The van der Waals surface area contributed by atoms with Crippen LogP contribution in [-0.2, 0) is 12.0 Å². The summed E-state index contributed by atoms with van der Waals surface area (Å²) in [4.78, 5) is 10.1. The average Bonchev–Trinajstić information content (AvgIpc) is 3.41. The van der Waals surface area contributed by atoms with Crippen LogP contribution in [0.15, 0.2) is 36.4 Å². The first-order valence-electron chi connectivity index (χ1n) is 11.3.